The normalized spacial score (nSPS) is 11.2. The van der Waals surface area contributed by atoms with Gasteiger partial charge in [-0.15, -0.1) is 11.3 Å². The van der Waals surface area contributed by atoms with E-state index in [1.165, 1.54) is 17.4 Å². The van der Waals surface area contributed by atoms with Crippen molar-refractivity contribution in [2.45, 2.75) is 0 Å². The first-order valence-electron chi connectivity index (χ1n) is 7.62. The monoisotopic (exact) mass is 347 g/mol. The Morgan fingerprint density at radius 3 is 2.84 bits per heavy atom. The summed E-state index contributed by atoms with van der Waals surface area (Å²) < 4.78 is 5.13. The first-order valence-corrected chi connectivity index (χ1v) is 8.50. The summed E-state index contributed by atoms with van der Waals surface area (Å²) in [5, 5.41) is 6.67. The summed E-state index contributed by atoms with van der Waals surface area (Å²) in [6.07, 6.45) is 1.79. The number of rotatable bonds is 4. The number of hydrogen-bond acceptors (Lipinski definition) is 6. The maximum absolute atomic E-state index is 11.2. The molecule has 0 atom stereocenters. The molecule has 0 saturated heterocycles. The zero-order valence-electron chi connectivity index (χ0n) is 13.0. The van der Waals surface area contributed by atoms with Crippen LogP contribution in [0.1, 0.15) is 5.56 Å². The Hall–Kier alpha value is -3.25. The summed E-state index contributed by atoms with van der Waals surface area (Å²) in [5.74, 6) is 0.724. The molecular formula is C19H13N3O2S. The summed E-state index contributed by atoms with van der Waals surface area (Å²) in [4.78, 5) is 20.1. The molecule has 2 aromatic carbocycles. The molecule has 4 rings (SSSR count). The molecule has 2 aromatic heterocycles. The van der Waals surface area contributed by atoms with E-state index in [4.69, 9.17) is 4.42 Å². The minimum atomic E-state index is -0.353. The summed E-state index contributed by atoms with van der Waals surface area (Å²) >= 11 is 1.46. The molecule has 0 radical (unpaired) electrons. The molecule has 0 aliphatic carbocycles. The predicted molar refractivity (Wildman–Crippen MR) is 102 cm³/mol. The quantitative estimate of drug-likeness (QED) is 0.427. The summed E-state index contributed by atoms with van der Waals surface area (Å²) in [7, 11) is 0. The van der Waals surface area contributed by atoms with E-state index in [0.29, 0.717) is 10.7 Å². The highest BCUT2D eigenvalue weighted by Gasteiger charge is 2.03. The number of thiazole rings is 1. The van der Waals surface area contributed by atoms with Gasteiger partial charge in [0.25, 0.3) is 0 Å². The number of hydrogen-bond donors (Lipinski definition) is 1. The summed E-state index contributed by atoms with van der Waals surface area (Å²) in [6, 6.07) is 18.6. The van der Waals surface area contributed by atoms with Crippen LogP contribution in [0.15, 0.2) is 80.2 Å². The molecule has 0 bridgehead atoms. The molecule has 0 spiro atoms. The van der Waals surface area contributed by atoms with Gasteiger partial charge in [0.1, 0.15) is 11.4 Å². The van der Waals surface area contributed by atoms with Crippen molar-refractivity contribution in [1.82, 2.24) is 4.98 Å². The van der Waals surface area contributed by atoms with E-state index in [-0.39, 0.29) is 5.63 Å². The fourth-order valence-electron chi connectivity index (χ4n) is 2.35. The van der Waals surface area contributed by atoms with Crippen molar-refractivity contribution in [3.8, 4) is 0 Å². The maximum Gasteiger partial charge on any atom is 0.336 e. The van der Waals surface area contributed by atoms with E-state index in [0.717, 1.165) is 22.5 Å². The second-order valence-corrected chi connectivity index (χ2v) is 6.15. The topological polar surface area (TPSA) is 67.5 Å². The lowest BCUT2D eigenvalue weighted by molar-refractivity contribution is 0.561. The van der Waals surface area contributed by atoms with Gasteiger partial charge < -0.3 is 9.73 Å². The Labute approximate surface area is 147 Å². The van der Waals surface area contributed by atoms with Crippen LogP contribution in [0.25, 0.3) is 11.0 Å². The van der Waals surface area contributed by atoms with Crippen molar-refractivity contribution in [3.05, 3.63) is 82.0 Å². The van der Waals surface area contributed by atoms with Gasteiger partial charge >= 0.3 is 5.63 Å². The first-order chi connectivity index (χ1) is 12.3. The molecule has 0 unspecified atom stereocenters. The van der Waals surface area contributed by atoms with Gasteiger partial charge in [-0.25, -0.2) is 14.8 Å². The van der Waals surface area contributed by atoms with E-state index >= 15 is 0 Å². The average molecular weight is 347 g/mol. The number of anilines is 2. The number of nitrogens with one attached hydrogen (secondary N) is 1. The number of benzene rings is 2. The van der Waals surface area contributed by atoms with Gasteiger partial charge in [-0.05, 0) is 29.8 Å². The van der Waals surface area contributed by atoms with Crippen LogP contribution >= 0.6 is 11.3 Å². The van der Waals surface area contributed by atoms with Crippen LogP contribution < -0.4 is 10.9 Å². The van der Waals surface area contributed by atoms with E-state index in [2.05, 4.69) is 15.3 Å². The van der Waals surface area contributed by atoms with Gasteiger partial charge in [-0.1, -0.05) is 30.3 Å². The van der Waals surface area contributed by atoms with E-state index in [1.54, 1.807) is 18.3 Å². The van der Waals surface area contributed by atoms with Crippen molar-refractivity contribution in [1.29, 1.82) is 0 Å². The first kappa shape index (κ1) is 15.3. The van der Waals surface area contributed by atoms with E-state index < -0.39 is 0 Å². The van der Waals surface area contributed by atoms with Gasteiger partial charge in [0, 0.05) is 28.7 Å². The van der Waals surface area contributed by atoms with Gasteiger partial charge in [-0.3, -0.25) is 0 Å². The Morgan fingerprint density at radius 1 is 1.08 bits per heavy atom. The molecule has 1 N–H and O–H groups in total. The highest BCUT2D eigenvalue weighted by atomic mass is 32.1. The van der Waals surface area contributed by atoms with Crippen LogP contribution in [0.2, 0.25) is 0 Å². The summed E-state index contributed by atoms with van der Waals surface area (Å²) in [6.45, 7) is 0. The highest BCUT2D eigenvalue weighted by Crippen LogP contribution is 2.26. The van der Waals surface area contributed by atoms with E-state index in [1.807, 2.05) is 47.8 Å². The van der Waals surface area contributed by atoms with Crippen LogP contribution in [0, 0.1) is 0 Å². The number of aromatic nitrogens is 1. The lowest BCUT2D eigenvalue weighted by Crippen LogP contribution is -1.95. The Kier molecular flexibility index (Phi) is 4.10. The second-order valence-electron chi connectivity index (χ2n) is 5.32. The molecule has 4 aromatic rings. The van der Waals surface area contributed by atoms with Crippen LogP contribution in [0.4, 0.5) is 16.6 Å². The Bertz CT molecular complexity index is 1100. The number of nitrogens with zero attached hydrogens (tertiary/aromatic N) is 2. The molecule has 25 heavy (non-hydrogen) atoms. The number of fused-ring (bicyclic) bond motifs is 1. The fraction of sp³-hybridized carbons (Fsp3) is 0. The molecule has 0 fully saturated rings. The molecule has 122 valence electrons. The van der Waals surface area contributed by atoms with E-state index in [9.17, 15) is 4.79 Å². The Balaban J connectivity index is 1.52. The predicted octanol–water partition coefficient (Wildman–Crippen LogP) is 4.74. The highest BCUT2D eigenvalue weighted by molar-refractivity contribution is 7.13. The largest absolute Gasteiger partial charge is 0.423 e. The van der Waals surface area contributed by atoms with Crippen molar-refractivity contribution >= 4 is 45.2 Å². The third-order valence-electron chi connectivity index (χ3n) is 3.51. The van der Waals surface area contributed by atoms with Crippen LogP contribution in [-0.2, 0) is 0 Å². The Morgan fingerprint density at radius 2 is 1.96 bits per heavy atom. The fourth-order valence-corrected chi connectivity index (χ4v) is 2.94. The third-order valence-corrected chi connectivity index (χ3v) is 4.26. The van der Waals surface area contributed by atoms with Crippen molar-refractivity contribution in [2.24, 2.45) is 4.99 Å². The SMILES string of the molecule is O=c1ccc2cc(Nc3csc(/N=C/c4ccccc4)n3)ccc2o1. The van der Waals surface area contributed by atoms with Crippen LogP contribution in [0.3, 0.4) is 0 Å². The van der Waals surface area contributed by atoms with Crippen molar-refractivity contribution in [2.75, 3.05) is 5.32 Å². The lowest BCUT2D eigenvalue weighted by Gasteiger charge is -2.03. The third kappa shape index (κ3) is 3.64. The van der Waals surface area contributed by atoms with Gasteiger partial charge in [0.2, 0.25) is 5.13 Å². The molecule has 5 nitrogen and oxygen atoms in total. The lowest BCUT2D eigenvalue weighted by atomic mass is 10.2. The zero-order valence-corrected chi connectivity index (χ0v) is 13.9. The molecule has 0 aliphatic rings. The molecule has 0 amide bonds. The minimum Gasteiger partial charge on any atom is -0.423 e. The molecule has 2 heterocycles. The number of aliphatic imine (C=N–C) groups is 1. The minimum absolute atomic E-state index is 0.353. The van der Waals surface area contributed by atoms with Crippen molar-refractivity contribution < 1.29 is 4.42 Å². The molecule has 0 aliphatic heterocycles. The molecule has 0 saturated carbocycles. The molecule has 6 heteroatoms. The van der Waals surface area contributed by atoms with Crippen molar-refractivity contribution in [3.63, 3.8) is 0 Å². The van der Waals surface area contributed by atoms with Gasteiger partial charge in [0.05, 0.1) is 0 Å². The average Bonchev–Trinajstić information content (AvgIpc) is 3.08. The summed E-state index contributed by atoms with van der Waals surface area (Å²) in [5.41, 5.74) is 2.10. The zero-order chi connectivity index (χ0) is 17.1. The van der Waals surface area contributed by atoms with Gasteiger partial charge in [-0.2, -0.15) is 0 Å². The van der Waals surface area contributed by atoms with Gasteiger partial charge in [0.15, 0.2) is 0 Å². The van der Waals surface area contributed by atoms with Crippen LogP contribution in [0.5, 0.6) is 0 Å². The smallest absolute Gasteiger partial charge is 0.336 e. The molecular weight excluding hydrogens is 334 g/mol. The maximum atomic E-state index is 11.2. The second kappa shape index (κ2) is 6.70. The van der Waals surface area contributed by atoms with Crippen LogP contribution in [-0.4, -0.2) is 11.2 Å². The standard InChI is InChI=1S/C19H13N3O2S/c23-18-9-6-14-10-15(7-8-16(14)24-18)21-17-12-25-19(22-17)20-11-13-4-2-1-3-5-13/h1-12,21H/b20-11+.